The molecule has 3 heterocycles. The molecule has 0 saturated carbocycles. The minimum absolute atomic E-state index is 0.0764. The number of methoxy groups -OCH3 is 1. The topological polar surface area (TPSA) is 106 Å². The fourth-order valence-electron chi connectivity index (χ4n) is 2.88. The molecule has 0 radical (unpaired) electrons. The van der Waals surface area contributed by atoms with Gasteiger partial charge in [-0.05, 0) is 12.1 Å². The zero-order valence-corrected chi connectivity index (χ0v) is 14.7. The summed E-state index contributed by atoms with van der Waals surface area (Å²) in [5.41, 5.74) is 1.28. The highest BCUT2D eigenvalue weighted by Gasteiger charge is 2.33. The summed E-state index contributed by atoms with van der Waals surface area (Å²) in [6.45, 7) is 1.68. The summed E-state index contributed by atoms with van der Waals surface area (Å²) in [5, 5.41) is 6.82. The second-order valence-electron chi connectivity index (χ2n) is 6.22. The lowest BCUT2D eigenvalue weighted by Crippen LogP contribution is -2.48. The number of carbonyl (C=O) groups excluding carboxylic acids is 1. The van der Waals surface area contributed by atoms with Gasteiger partial charge in [0.25, 0.3) is 0 Å². The molecule has 9 nitrogen and oxygen atoms in total. The Morgan fingerprint density at radius 3 is 3.04 bits per heavy atom. The minimum Gasteiger partial charge on any atom is -0.497 e. The molecule has 1 aromatic carbocycles. The predicted molar refractivity (Wildman–Crippen MR) is 96.1 cm³/mol. The molecule has 9 heteroatoms. The number of anilines is 1. The molecule has 27 heavy (non-hydrogen) atoms. The molecular formula is C18H18N6O3. The lowest BCUT2D eigenvalue weighted by molar-refractivity contribution is -0.118. The lowest BCUT2D eigenvalue weighted by atomic mass is 10.0. The number of amides is 1. The lowest BCUT2D eigenvalue weighted by Gasteiger charge is -2.36. The molecule has 1 N–H and O–H groups in total. The highest BCUT2D eigenvalue weighted by molar-refractivity contribution is 5.92. The summed E-state index contributed by atoms with van der Waals surface area (Å²) in [4.78, 5) is 26.7. The van der Waals surface area contributed by atoms with Gasteiger partial charge in [-0.3, -0.25) is 14.7 Å². The fourth-order valence-corrected chi connectivity index (χ4v) is 2.88. The van der Waals surface area contributed by atoms with Crippen LogP contribution in [0.3, 0.4) is 0 Å². The number of likely N-dealkylation sites (tertiary alicyclic amines) is 1. The van der Waals surface area contributed by atoms with Gasteiger partial charge in [0, 0.05) is 37.2 Å². The van der Waals surface area contributed by atoms with Crippen LogP contribution in [0, 0.1) is 0 Å². The van der Waals surface area contributed by atoms with Gasteiger partial charge in [0.2, 0.25) is 17.6 Å². The van der Waals surface area contributed by atoms with E-state index >= 15 is 0 Å². The Hall–Kier alpha value is -3.33. The monoisotopic (exact) mass is 366 g/mol. The van der Waals surface area contributed by atoms with Crippen molar-refractivity contribution in [2.45, 2.75) is 5.92 Å². The molecule has 1 aliphatic rings. The van der Waals surface area contributed by atoms with E-state index in [9.17, 15) is 4.79 Å². The molecule has 1 amide bonds. The molecule has 1 aliphatic heterocycles. The third-order valence-corrected chi connectivity index (χ3v) is 4.26. The van der Waals surface area contributed by atoms with Crippen molar-refractivity contribution >= 4 is 11.6 Å². The van der Waals surface area contributed by atoms with Crippen LogP contribution in [-0.2, 0) is 4.79 Å². The number of carbonyl (C=O) groups is 1. The van der Waals surface area contributed by atoms with E-state index in [4.69, 9.17) is 9.26 Å². The van der Waals surface area contributed by atoms with Gasteiger partial charge in [-0.15, -0.1) is 0 Å². The number of ether oxygens (including phenoxy) is 1. The zero-order valence-electron chi connectivity index (χ0n) is 14.7. The van der Waals surface area contributed by atoms with Crippen molar-refractivity contribution in [2.75, 3.05) is 32.1 Å². The average molecular weight is 366 g/mol. The smallest absolute Gasteiger partial charge is 0.238 e. The first-order chi connectivity index (χ1) is 13.2. The Morgan fingerprint density at radius 2 is 2.26 bits per heavy atom. The van der Waals surface area contributed by atoms with E-state index in [1.807, 2.05) is 23.1 Å². The SMILES string of the molecule is COc1cccc(NC(=O)CN2CC(c3nc(-c4cnccn4)no3)C2)c1. The van der Waals surface area contributed by atoms with E-state index in [0.29, 0.717) is 48.5 Å². The molecule has 0 unspecified atom stereocenters. The molecule has 1 saturated heterocycles. The quantitative estimate of drug-likeness (QED) is 0.701. The van der Waals surface area contributed by atoms with Gasteiger partial charge in [0.15, 0.2) is 0 Å². The van der Waals surface area contributed by atoms with Crippen LogP contribution >= 0.6 is 0 Å². The summed E-state index contributed by atoms with van der Waals surface area (Å²) in [6, 6.07) is 7.27. The van der Waals surface area contributed by atoms with E-state index < -0.39 is 0 Å². The number of benzene rings is 1. The highest BCUT2D eigenvalue weighted by Crippen LogP contribution is 2.27. The average Bonchev–Trinajstić information content (AvgIpc) is 3.15. The fraction of sp³-hybridized carbons (Fsp3) is 0.278. The summed E-state index contributed by atoms with van der Waals surface area (Å²) in [6.07, 6.45) is 4.76. The predicted octanol–water partition coefficient (Wildman–Crippen LogP) is 1.57. The molecule has 3 aromatic rings. The molecular weight excluding hydrogens is 348 g/mol. The van der Waals surface area contributed by atoms with Crippen molar-refractivity contribution in [1.82, 2.24) is 25.0 Å². The maximum absolute atomic E-state index is 12.2. The van der Waals surface area contributed by atoms with Gasteiger partial charge in [-0.1, -0.05) is 11.2 Å². The maximum atomic E-state index is 12.2. The van der Waals surface area contributed by atoms with Crippen LogP contribution in [0.1, 0.15) is 11.8 Å². The van der Waals surface area contributed by atoms with E-state index in [1.165, 1.54) is 0 Å². The van der Waals surface area contributed by atoms with Crippen molar-refractivity contribution < 1.29 is 14.1 Å². The Labute approximate surface area is 155 Å². The Kier molecular flexibility index (Phi) is 4.75. The molecule has 4 rings (SSSR count). The van der Waals surface area contributed by atoms with Gasteiger partial charge >= 0.3 is 0 Å². The van der Waals surface area contributed by atoms with Crippen molar-refractivity contribution in [3.8, 4) is 17.3 Å². The van der Waals surface area contributed by atoms with Crippen LogP contribution < -0.4 is 10.1 Å². The Bertz CT molecular complexity index is 924. The number of hydrogen-bond acceptors (Lipinski definition) is 8. The van der Waals surface area contributed by atoms with Crippen molar-refractivity contribution in [1.29, 1.82) is 0 Å². The maximum Gasteiger partial charge on any atom is 0.238 e. The van der Waals surface area contributed by atoms with Crippen molar-refractivity contribution in [3.05, 3.63) is 48.7 Å². The van der Waals surface area contributed by atoms with Gasteiger partial charge in [0.05, 0.1) is 25.8 Å². The third kappa shape index (κ3) is 3.93. The standard InChI is InChI=1S/C18H18N6O3/c1-26-14-4-2-3-13(7-14)21-16(25)11-24-9-12(10-24)18-22-17(23-27-18)15-8-19-5-6-20-15/h2-8,12H,9-11H2,1H3,(H,21,25). The first kappa shape index (κ1) is 17.1. The second kappa shape index (κ2) is 7.50. The van der Waals surface area contributed by atoms with E-state index in [2.05, 4.69) is 25.4 Å². The molecule has 0 atom stereocenters. The summed E-state index contributed by atoms with van der Waals surface area (Å²) >= 11 is 0. The summed E-state index contributed by atoms with van der Waals surface area (Å²) < 4.78 is 10.5. The van der Waals surface area contributed by atoms with Crippen LogP contribution in [0.4, 0.5) is 5.69 Å². The zero-order chi connectivity index (χ0) is 18.6. The molecule has 138 valence electrons. The van der Waals surface area contributed by atoms with Gasteiger partial charge < -0.3 is 14.6 Å². The third-order valence-electron chi connectivity index (χ3n) is 4.26. The first-order valence-electron chi connectivity index (χ1n) is 8.47. The van der Waals surface area contributed by atoms with Gasteiger partial charge in [0.1, 0.15) is 11.4 Å². The molecule has 0 bridgehead atoms. The van der Waals surface area contributed by atoms with Gasteiger partial charge in [-0.2, -0.15) is 4.98 Å². The van der Waals surface area contributed by atoms with Crippen LogP contribution in [0.2, 0.25) is 0 Å². The van der Waals surface area contributed by atoms with Crippen molar-refractivity contribution in [2.24, 2.45) is 0 Å². The second-order valence-corrected chi connectivity index (χ2v) is 6.22. The minimum atomic E-state index is -0.0764. The first-order valence-corrected chi connectivity index (χ1v) is 8.47. The van der Waals surface area contributed by atoms with Crippen LogP contribution in [-0.4, -0.2) is 57.7 Å². The van der Waals surface area contributed by atoms with Gasteiger partial charge in [-0.25, -0.2) is 4.98 Å². The molecule has 2 aromatic heterocycles. The van der Waals surface area contributed by atoms with Crippen LogP contribution in [0.5, 0.6) is 5.75 Å². The Morgan fingerprint density at radius 1 is 1.37 bits per heavy atom. The number of nitrogens with zero attached hydrogens (tertiary/aromatic N) is 5. The Balaban J connectivity index is 1.28. The number of nitrogens with one attached hydrogen (secondary N) is 1. The largest absolute Gasteiger partial charge is 0.497 e. The molecule has 1 fully saturated rings. The van der Waals surface area contributed by atoms with E-state index in [1.54, 1.807) is 31.8 Å². The number of rotatable bonds is 6. The van der Waals surface area contributed by atoms with Crippen LogP contribution in [0.15, 0.2) is 47.4 Å². The van der Waals surface area contributed by atoms with Crippen LogP contribution in [0.25, 0.3) is 11.5 Å². The molecule has 0 aliphatic carbocycles. The summed E-state index contributed by atoms with van der Waals surface area (Å²) in [7, 11) is 1.59. The van der Waals surface area contributed by atoms with E-state index in [-0.39, 0.29) is 11.8 Å². The normalized spacial score (nSPS) is 14.6. The summed E-state index contributed by atoms with van der Waals surface area (Å²) in [5.74, 6) is 1.72. The van der Waals surface area contributed by atoms with Crippen molar-refractivity contribution in [3.63, 3.8) is 0 Å². The highest BCUT2D eigenvalue weighted by atomic mass is 16.5. The van der Waals surface area contributed by atoms with E-state index in [0.717, 1.165) is 0 Å². The number of hydrogen-bond donors (Lipinski definition) is 1. The number of aromatic nitrogens is 4. The molecule has 0 spiro atoms.